The lowest BCUT2D eigenvalue weighted by Crippen LogP contribution is -2.23. The molecule has 0 amide bonds. The second kappa shape index (κ2) is 8.28. The van der Waals surface area contributed by atoms with Crippen molar-refractivity contribution in [1.82, 2.24) is 14.7 Å². The summed E-state index contributed by atoms with van der Waals surface area (Å²) in [4.78, 5) is 8.66. The quantitative estimate of drug-likeness (QED) is 0.678. The minimum Gasteiger partial charge on any atom is -0.497 e. The fraction of sp³-hybridized carbons (Fsp3) is 0.200. The lowest BCUT2D eigenvalue weighted by molar-refractivity contribution is 0.415. The van der Waals surface area contributed by atoms with Crippen LogP contribution in [-0.2, 0) is 23.0 Å². The number of rotatable bonds is 7. The van der Waals surface area contributed by atoms with E-state index in [4.69, 9.17) is 4.74 Å². The molecule has 7 heteroatoms. The summed E-state index contributed by atoms with van der Waals surface area (Å²) in [6.07, 6.45) is 2.29. The van der Waals surface area contributed by atoms with Crippen molar-refractivity contribution >= 4 is 10.0 Å². The zero-order valence-electron chi connectivity index (χ0n) is 15.2. The van der Waals surface area contributed by atoms with Crippen molar-refractivity contribution in [3.05, 3.63) is 72.2 Å². The molecule has 0 atom stereocenters. The van der Waals surface area contributed by atoms with Crippen LogP contribution in [0.4, 0.5) is 0 Å². The summed E-state index contributed by atoms with van der Waals surface area (Å²) >= 11 is 0. The molecule has 27 heavy (non-hydrogen) atoms. The zero-order chi connectivity index (χ0) is 19.3. The summed E-state index contributed by atoms with van der Waals surface area (Å²) in [5, 5.41) is 0. The Balaban J connectivity index is 1.73. The molecule has 0 spiro atoms. The Kier molecular flexibility index (Phi) is 5.83. The minimum absolute atomic E-state index is 0.0868. The molecule has 0 radical (unpaired) electrons. The lowest BCUT2D eigenvalue weighted by atomic mass is 10.1. The smallest absolute Gasteiger partial charge is 0.240 e. The summed E-state index contributed by atoms with van der Waals surface area (Å²) in [6.45, 7) is 2.11. The average Bonchev–Trinajstić information content (AvgIpc) is 2.72. The molecule has 3 rings (SSSR count). The van der Waals surface area contributed by atoms with Gasteiger partial charge in [0, 0.05) is 5.56 Å². The molecule has 0 aliphatic heterocycles. The Bertz CT molecular complexity index is 1000. The molecule has 0 saturated heterocycles. The van der Waals surface area contributed by atoms with E-state index in [0.29, 0.717) is 11.4 Å². The molecule has 0 unspecified atom stereocenters. The van der Waals surface area contributed by atoms with Gasteiger partial charge >= 0.3 is 0 Å². The third kappa shape index (κ3) is 4.69. The fourth-order valence-corrected chi connectivity index (χ4v) is 3.57. The van der Waals surface area contributed by atoms with E-state index in [2.05, 4.69) is 14.7 Å². The minimum atomic E-state index is -3.60. The van der Waals surface area contributed by atoms with Crippen LogP contribution in [0.3, 0.4) is 0 Å². The first-order valence-electron chi connectivity index (χ1n) is 8.56. The summed E-state index contributed by atoms with van der Waals surface area (Å²) in [5.74, 6) is 0.759. The largest absolute Gasteiger partial charge is 0.497 e. The number of hydrogen-bond donors (Lipinski definition) is 1. The SMILES string of the molecule is CCc1ccc(S(=O)(=O)NCc2cc(-c3ccc(OC)cc3)ncn2)cc1. The highest BCUT2D eigenvalue weighted by molar-refractivity contribution is 7.89. The molecule has 2 aromatic carbocycles. The van der Waals surface area contributed by atoms with Crippen LogP contribution < -0.4 is 9.46 Å². The number of nitrogens with one attached hydrogen (secondary N) is 1. The summed E-state index contributed by atoms with van der Waals surface area (Å²) < 4.78 is 32.7. The number of nitrogens with zero attached hydrogens (tertiary/aromatic N) is 2. The molecule has 140 valence electrons. The van der Waals surface area contributed by atoms with Gasteiger partial charge in [-0.1, -0.05) is 19.1 Å². The van der Waals surface area contributed by atoms with Gasteiger partial charge in [0.2, 0.25) is 10.0 Å². The maximum atomic E-state index is 12.5. The van der Waals surface area contributed by atoms with E-state index in [-0.39, 0.29) is 11.4 Å². The highest BCUT2D eigenvalue weighted by Gasteiger charge is 2.14. The molecule has 0 bridgehead atoms. The molecule has 3 aromatic rings. The van der Waals surface area contributed by atoms with E-state index >= 15 is 0 Å². The van der Waals surface area contributed by atoms with Gasteiger partial charge in [-0.25, -0.2) is 23.1 Å². The highest BCUT2D eigenvalue weighted by Crippen LogP contribution is 2.21. The van der Waals surface area contributed by atoms with Gasteiger partial charge in [0.05, 0.1) is 29.9 Å². The predicted molar refractivity (Wildman–Crippen MR) is 104 cm³/mol. The van der Waals surface area contributed by atoms with Crippen LogP contribution >= 0.6 is 0 Å². The van der Waals surface area contributed by atoms with Crippen LogP contribution in [0.1, 0.15) is 18.2 Å². The van der Waals surface area contributed by atoms with Gasteiger partial charge in [0.25, 0.3) is 0 Å². The molecule has 0 aliphatic rings. The first-order chi connectivity index (χ1) is 13.0. The van der Waals surface area contributed by atoms with Crippen LogP contribution in [0.15, 0.2) is 65.8 Å². The molecule has 0 fully saturated rings. The van der Waals surface area contributed by atoms with Crippen molar-refractivity contribution in [1.29, 1.82) is 0 Å². The summed E-state index contributed by atoms with van der Waals surface area (Å²) in [5.41, 5.74) is 3.30. The topological polar surface area (TPSA) is 81.2 Å². The fourth-order valence-electron chi connectivity index (χ4n) is 2.57. The third-order valence-corrected chi connectivity index (χ3v) is 5.61. The molecule has 1 heterocycles. The number of ether oxygens (including phenoxy) is 1. The van der Waals surface area contributed by atoms with Crippen LogP contribution in [0.25, 0.3) is 11.3 Å². The van der Waals surface area contributed by atoms with Gasteiger partial charge in [-0.15, -0.1) is 0 Å². The Hall–Kier alpha value is -2.77. The van der Waals surface area contributed by atoms with Gasteiger partial charge in [-0.3, -0.25) is 0 Å². The number of hydrogen-bond acceptors (Lipinski definition) is 5. The first kappa shape index (κ1) is 19.0. The zero-order valence-corrected chi connectivity index (χ0v) is 16.0. The molecular weight excluding hydrogens is 362 g/mol. The van der Waals surface area contributed by atoms with Gasteiger partial charge in [-0.05, 0) is 54.4 Å². The Morgan fingerprint density at radius 1 is 1.00 bits per heavy atom. The molecule has 6 nitrogen and oxygen atoms in total. The molecule has 0 aliphatic carbocycles. The summed E-state index contributed by atoms with van der Waals surface area (Å²) in [6, 6.07) is 16.1. The maximum absolute atomic E-state index is 12.5. The van der Waals surface area contributed by atoms with E-state index in [1.165, 1.54) is 6.33 Å². The standard InChI is InChI=1S/C20H21N3O3S/c1-3-15-4-10-19(11-5-15)27(24,25)23-13-17-12-20(22-14-21-17)16-6-8-18(26-2)9-7-16/h4-12,14,23H,3,13H2,1-2H3. The number of sulfonamides is 1. The second-order valence-electron chi connectivity index (χ2n) is 5.95. The molecule has 1 N–H and O–H groups in total. The molecule has 0 saturated carbocycles. The first-order valence-corrected chi connectivity index (χ1v) is 10.0. The van der Waals surface area contributed by atoms with Crippen LogP contribution in [0.5, 0.6) is 5.75 Å². The van der Waals surface area contributed by atoms with E-state index in [0.717, 1.165) is 23.3 Å². The monoisotopic (exact) mass is 383 g/mol. The Morgan fingerprint density at radius 2 is 1.70 bits per heavy atom. The van der Waals surface area contributed by atoms with Crippen LogP contribution in [-0.4, -0.2) is 25.5 Å². The van der Waals surface area contributed by atoms with Gasteiger partial charge < -0.3 is 4.74 Å². The number of aryl methyl sites for hydroxylation is 1. The lowest BCUT2D eigenvalue weighted by Gasteiger charge is -2.08. The van der Waals surface area contributed by atoms with E-state index < -0.39 is 10.0 Å². The third-order valence-electron chi connectivity index (χ3n) is 4.19. The second-order valence-corrected chi connectivity index (χ2v) is 7.71. The van der Waals surface area contributed by atoms with Gasteiger partial charge in [0.15, 0.2) is 0 Å². The van der Waals surface area contributed by atoms with Gasteiger partial charge in [-0.2, -0.15) is 0 Å². The Morgan fingerprint density at radius 3 is 2.33 bits per heavy atom. The van der Waals surface area contributed by atoms with Gasteiger partial charge in [0.1, 0.15) is 12.1 Å². The van der Waals surface area contributed by atoms with Crippen molar-refractivity contribution in [2.24, 2.45) is 0 Å². The normalized spacial score (nSPS) is 11.3. The number of aromatic nitrogens is 2. The van der Waals surface area contributed by atoms with Crippen LogP contribution in [0, 0.1) is 0 Å². The van der Waals surface area contributed by atoms with Crippen molar-refractivity contribution in [3.8, 4) is 17.0 Å². The van der Waals surface area contributed by atoms with Crippen molar-refractivity contribution in [2.45, 2.75) is 24.8 Å². The van der Waals surface area contributed by atoms with Crippen molar-refractivity contribution in [2.75, 3.05) is 7.11 Å². The van der Waals surface area contributed by atoms with E-state index in [1.807, 2.05) is 43.3 Å². The average molecular weight is 383 g/mol. The Labute approximate surface area is 159 Å². The molecule has 1 aromatic heterocycles. The van der Waals surface area contributed by atoms with E-state index in [9.17, 15) is 8.42 Å². The summed E-state index contributed by atoms with van der Waals surface area (Å²) in [7, 11) is -1.99. The number of methoxy groups -OCH3 is 1. The maximum Gasteiger partial charge on any atom is 0.240 e. The number of benzene rings is 2. The van der Waals surface area contributed by atoms with Crippen molar-refractivity contribution < 1.29 is 13.2 Å². The molecular formula is C20H21N3O3S. The van der Waals surface area contributed by atoms with E-state index in [1.54, 1.807) is 25.3 Å². The highest BCUT2D eigenvalue weighted by atomic mass is 32.2. The van der Waals surface area contributed by atoms with Crippen LogP contribution in [0.2, 0.25) is 0 Å². The predicted octanol–water partition coefficient (Wildman–Crippen LogP) is 3.19. The van der Waals surface area contributed by atoms with Crippen molar-refractivity contribution in [3.63, 3.8) is 0 Å².